The van der Waals surface area contributed by atoms with Crippen LogP contribution in [-0.2, 0) is 0 Å². The number of fused-ring (bicyclic) bond motifs is 1. The predicted octanol–water partition coefficient (Wildman–Crippen LogP) is 3.40. The molecule has 20 heavy (non-hydrogen) atoms. The third-order valence-electron chi connectivity index (χ3n) is 3.31. The zero-order chi connectivity index (χ0) is 13.9. The molecule has 3 rings (SSSR count). The van der Waals surface area contributed by atoms with Crippen LogP contribution in [0.1, 0.15) is 11.6 Å². The molecule has 5 heteroatoms. The molecule has 1 heterocycles. The Labute approximate surface area is 127 Å². The molecule has 3 N–H and O–H groups in total. The van der Waals surface area contributed by atoms with Crippen LogP contribution in [0, 0.1) is 0 Å². The van der Waals surface area contributed by atoms with Crippen LogP contribution in [0.5, 0.6) is 5.75 Å². The maximum atomic E-state index is 6.07. The van der Waals surface area contributed by atoms with E-state index in [-0.39, 0.29) is 12.1 Å². The molecule has 0 bridgehead atoms. The molecule has 104 valence electrons. The van der Waals surface area contributed by atoms with Crippen molar-refractivity contribution in [3.05, 3.63) is 59.1 Å². The Morgan fingerprint density at radius 3 is 2.70 bits per heavy atom. The summed E-state index contributed by atoms with van der Waals surface area (Å²) in [6.07, 6.45) is -0.0129. The van der Waals surface area contributed by atoms with Gasteiger partial charge in [0.15, 0.2) is 0 Å². The van der Waals surface area contributed by atoms with Crippen LogP contribution in [0.15, 0.2) is 53.4 Å². The second-order valence-corrected chi connectivity index (χ2v) is 6.11. The predicted molar refractivity (Wildman–Crippen MR) is 83.1 cm³/mol. The Hall–Kier alpha value is -1.20. The van der Waals surface area contributed by atoms with Gasteiger partial charge in [0.1, 0.15) is 11.9 Å². The number of thioether (sulfide) groups is 1. The lowest BCUT2D eigenvalue weighted by molar-refractivity contribution is 0.167. The maximum Gasteiger partial charge on any atom is 0.133 e. The van der Waals surface area contributed by atoms with E-state index in [4.69, 9.17) is 22.2 Å². The van der Waals surface area contributed by atoms with Gasteiger partial charge in [0.25, 0.3) is 0 Å². The summed E-state index contributed by atoms with van der Waals surface area (Å²) in [5, 5.41) is 0.716. The molecule has 2 unspecified atom stereocenters. The Morgan fingerprint density at radius 1 is 1.20 bits per heavy atom. The normalized spacial score (nSPS) is 19.0. The molecule has 0 radical (unpaired) electrons. The van der Waals surface area contributed by atoms with Crippen molar-refractivity contribution < 1.29 is 4.74 Å². The number of halogens is 1. The zero-order valence-electron chi connectivity index (χ0n) is 10.8. The maximum absolute atomic E-state index is 6.07. The quantitative estimate of drug-likeness (QED) is 0.674. The Kier molecular flexibility index (Phi) is 4.17. The number of rotatable bonds is 3. The van der Waals surface area contributed by atoms with E-state index in [0.717, 1.165) is 17.1 Å². The Balaban J connectivity index is 1.83. The van der Waals surface area contributed by atoms with Gasteiger partial charge < -0.3 is 4.74 Å². The van der Waals surface area contributed by atoms with Crippen LogP contribution in [0.3, 0.4) is 0 Å². The van der Waals surface area contributed by atoms with E-state index in [1.165, 1.54) is 4.90 Å². The van der Waals surface area contributed by atoms with Gasteiger partial charge in [-0.25, -0.2) is 5.43 Å². The topological polar surface area (TPSA) is 47.3 Å². The van der Waals surface area contributed by atoms with E-state index in [1.807, 2.05) is 42.5 Å². The van der Waals surface area contributed by atoms with Gasteiger partial charge in [-0.05, 0) is 29.8 Å². The first-order valence-corrected chi connectivity index (χ1v) is 7.74. The molecular formula is C15H15ClN2OS. The van der Waals surface area contributed by atoms with Crippen molar-refractivity contribution in [1.29, 1.82) is 0 Å². The summed E-state index contributed by atoms with van der Waals surface area (Å²) in [6, 6.07) is 15.7. The third-order valence-corrected chi connectivity index (χ3v) is 4.71. The van der Waals surface area contributed by atoms with Crippen molar-refractivity contribution in [3.8, 4) is 5.75 Å². The van der Waals surface area contributed by atoms with Crippen LogP contribution in [0.4, 0.5) is 0 Å². The molecule has 0 saturated carbocycles. The molecule has 0 fully saturated rings. The van der Waals surface area contributed by atoms with E-state index < -0.39 is 0 Å². The summed E-state index contributed by atoms with van der Waals surface area (Å²) >= 11 is 7.72. The van der Waals surface area contributed by atoms with Crippen molar-refractivity contribution in [3.63, 3.8) is 0 Å². The second-order valence-electron chi connectivity index (χ2n) is 4.61. The van der Waals surface area contributed by atoms with Gasteiger partial charge in [-0.15, -0.1) is 11.8 Å². The van der Waals surface area contributed by atoms with Crippen LogP contribution in [0.25, 0.3) is 0 Å². The van der Waals surface area contributed by atoms with E-state index in [9.17, 15) is 0 Å². The number of ether oxygens (including phenoxy) is 1. The minimum Gasteiger partial charge on any atom is -0.486 e. The average Bonchev–Trinajstić information content (AvgIpc) is 2.50. The molecule has 2 atom stereocenters. The standard InChI is InChI=1S/C15H15ClN2OS/c16-11-7-5-10(6-8-11)15(18-17)13-9-20-14-4-2-1-3-12(14)19-13/h1-8,13,15,18H,9,17H2. The molecule has 0 amide bonds. The molecule has 2 aromatic rings. The highest BCUT2D eigenvalue weighted by atomic mass is 35.5. The monoisotopic (exact) mass is 306 g/mol. The lowest BCUT2D eigenvalue weighted by atomic mass is 10.0. The van der Waals surface area contributed by atoms with Gasteiger partial charge in [-0.2, -0.15) is 0 Å². The highest BCUT2D eigenvalue weighted by Gasteiger charge is 2.28. The molecule has 1 aliphatic rings. The van der Waals surface area contributed by atoms with E-state index in [2.05, 4.69) is 11.5 Å². The number of hydrogen-bond acceptors (Lipinski definition) is 4. The van der Waals surface area contributed by atoms with Gasteiger partial charge in [0, 0.05) is 15.7 Å². The summed E-state index contributed by atoms with van der Waals surface area (Å²) in [7, 11) is 0. The largest absolute Gasteiger partial charge is 0.486 e. The van der Waals surface area contributed by atoms with E-state index >= 15 is 0 Å². The number of benzene rings is 2. The van der Waals surface area contributed by atoms with Crippen molar-refractivity contribution in [2.45, 2.75) is 17.0 Å². The summed E-state index contributed by atoms with van der Waals surface area (Å²) in [4.78, 5) is 1.18. The summed E-state index contributed by atoms with van der Waals surface area (Å²) in [5.41, 5.74) is 3.93. The second kappa shape index (κ2) is 6.06. The molecule has 0 aromatic heterocycles. The third kappa shape index (κ3) is 2.79. The van der Waals surface area contributed by atoms with Gasteiger partial charge in [-0.1, -0.05) is 35.9 Å². The molecule has 0 aliphatic carbocycles. The van der Waals surface area contributed by atoms with Gasteiger partial charge in [-0.3, -0.25) is 5.84 Å². The van der Waals surface area contributed by atoms with Gasteiger partial charge in [0.2, 0.25) is 0 Å². The van der Waals surface area contributed by atoms with Crippen molar-refractivity contribution in [2.24, 2.45) is 5.84 Å². The Morgan fingerprint density at radius 2 is 1.95 bits per heavy atom. The van der Waals surface area contributed by atoms with Crippen LogP contribution < -0.4 is 16.0 Å². The Bertz CT molecular complexity index is 591. The molecule has 3 nitrogen and oxygen atoms in total. The lowest BCUT2D eigenvalue weighted by Crippen LogP contribution is -2.42. The lowest BCUT2D eigenvalue weighted by Gasteiger charge is -2.31. The minimum absolute atomic E-state index is 0.0129. The summed E-state index contributed by atoms with van der Waals surface area (Å²) in [6.45, 7) is 0. The van der Waals surface area contributed by atoms with Crippen molar-refractivity contribution in [2.75, 3.05) is 5.75 Å². The first-order chi connectivity index (χ1) is 9.78. The number of hydrogen-bond donors (Lipinski definition) is 2. The molecular weight excluding hydrogens is 292 g/mol. The van der Waals surface area contributed by atoms with Crippen LogP contribution in [0.2, 0.25) is 5.02 Å². The fourth-order valence-corrected chi connectivity index (χ4v) is 3.45. The molecule has 0 saturated heterocycles. The number of hydrazine groups is 1. The van der Waals surface area contributed by atoms with Crippen LogP contribution in [-0.4, -0.2) is 11.9 Å². The molecule has 2 aromatic carbocycles. The van der Waals surface area contributed by atoms with Crippen molar-refractivity contribution >= 4 is 23.4 Å². The fourth-order valence-electron chi connectivity index (χ4n) is 2.29. The summed E-state index contributed by atoms with van der Waals surface area (Å²) < 4.78 is 6.07. The highest BCUT2D eigenvalue weighted by Crippen LogP contribution is 2.38. The minimum atomic E-state index is -0.0619. The molecule has 0 spiro atoms. The first-order valence-electron chi connectivity index (χ1n) is 6.38. The van der Waals surface area contributed by atoms with Crippen molar-refractivity contribution in [1.82, 2.24) is 5.43 Å². The summed E-state index contributed by atoms with van der Waals surface area (Å²) in [5.74, 6) is 7.50. The zero-order valence-corrected chi connectivity index (χ0v) is 12.3. The van der Waals surface area contributed by atoms with Crippen LogP contribution >= 0.6 is 23.4 Å². The van der Waals surface area contributed by atoms with Gasteiger partial charge in [0.05, 0.1) is 6.04 Å². The fraction of sp³-hybridized carbons (Fsp3) is 0.200. The molecule has 1 aliphatic heterocycles. The SMILES string of the molecule is NNC(c1ccc(Cl)cc1)C1CSc2ccccc2O1. The van der Waals surface area contributed by atoms with E-state index in [0.29, 0.717) is 5.02 Å². The number of nitrogens with two attached hydrogens (primary N) is 1. The number of nitrogens with one attached hydrogen (secondary N) is 1. The smallest absolute Gasteiger partial charge is 0.133 e. The first kappa shape index (κ1) is 13.8. The highest BCUT2D eigenvalue weighted by molar-refractivity contribution is 7.99. The van der Waals surface area contributed by atoms with E-state index in [1.54, 1.807) is 11.8 Å². The average molecular weight is 307 g/mol. The number of para-hydroxylation sites is 1. The van der Waals surface area contributed by atoms with Gasteiger partial charge >= 0.3 is 0 Å².